The van der Waals surface area contributed by atoms with E-state index in [1.54, 1.807) is 11.8 Å². The van der Waals surface area contributed by atoms with Crippen molar-refractivity contribution < 1.29 is 9.53 Å². The number of ether oxygens (including phenoxy) is 1. The molecule has 0 aromatic heterocycles. The average Bonchev–Trinajstić information content (AvgIpc) is 2.53. The quantitative estimate of drug-likeness (QED) is 0.840. The van der Waals surface area contributed by atoms with Crippen molar-refractivity contribution in [2.24, 2.45) is 17.6 Å². The molecule has 0 spiro atoms. The van der Waals surface area contributed by atoms with E-state index in [1.807, 2.05) is 4.90 Å². The molecule has 0 aliphatic carbocycles. The zero-order valence-electron chi connectivity index (χ0n) is 12.6. The summed E-state index contributed by atoms with van der Waals surface area (Å²) < 4.78 is 5.44. The van der Waals surface area contributed by atoms with Gasteiger partial charge in [0.05, 0.1) is 6.04 Å². The lowest BCUT2D eigenvalue weighted by Gasteiger charge is -2.38. The van der Waals surface area contributed by atoms with Gasteiger partial charge in [-0.1, -0.05) is 0 Å². The maximum Gasteiger partial charge on any atom is 0.239 e. The number of piperidine rings is 1. The molecular weight excluding hydrogens is 272 g/mol. The van der Waals surface area contributed by atoms with Gasteiger partial charge in [-0.2, -0.15) is 11.8 Å². The molecule has 2 N–H and O–H groups in total. The Hall–Kier alpha value is -0.260. The summed E-state index contributed by atoms with van der Waals surface area (Å²) in [4.78, 5) is 14.2. The van der Waals surface area contributed by atoms with E-state index in [1.165, 1.54) is 12.8 Å². The normalized spacial score (nSPS) is 23.8. The Morgan fingerprint density at radius 3 is 2.45 bits per heavy atom. The first-order valence-corrected chi connectivity index (χ1v) is 9.22. The third-order valence-electron chi connectivity index (χ3n) is 4.73. The Balaban J connectivity index is 1.74. The third-order valence-corrected chi connectivity index (χ3v) is 5.38. The molecule has 1 atom stereocenters. The fourth-order valence-electron chi connectivity index (χ4n) is 3.38. The molecule has 116 valence electrons. The zero-order valence-corrected chi connectivity index (χ0v) is 13.4. The highest BCUT2D eigenvalue weighted by Crippen LogP contribution is 2.31. The summed E-state index contributed by atoms with van der Waals surface area (Å²) in [6.07, 6.45) is 7.53. The predicted octanol–water partition coefficient (Wildman–Crippen LogP) is 1.73. The first-order valence-electron chi connectivity index (χ1n) is 7.83. The van der Waals surface area contributed by atoms with Gasteiger partial charge in [0.1, 0.15) is 0 Å². The summed E-state index contributed by atoms with van der Waals surface area (Å²) in [5.74, 6) is 2.71. The second-order valence-electron chi connectivity index (χ2n) is 6.00. The molecule has 2 aliphatic heterocycles. The summed E-state index contributed by atoms with van der Waals surface area (Å²) in [5.41, 5.74) is 5.99. The maximum atomic E-state index is 12.3. The summed E-state index contributed by atoms with van der Waals surface area (Å²) in [6.45, 7) is 3.63. The molecule has 20 heavy (non-hydrogen) atoms. The minimum atomic E-state index is -0.304. The van der Waals surface area contributed by atoms with Crippen LogP contribution in [0, 0.1) is 11.8 Å². The number of nitrogens with two attached hydrogens (primary N) is 1. The molecule has 0 aromatic carbocycles. The third kappa shape index (κ3) is 4.37. The van der Waals surface area contributed by atoms with E-state index in [-0.39, 0.29) is 11.9 Å². The average molecular weight is 300 g/mol. The molecule has 0 aromatic rings. The van der Waals surface area contributed by atoms with E-state index in [2.05, 4.69) is 6.26 Å². The lowest BCUT2D eigenvalue weighted by molar-refractivity contribution is -0.134. The van der Waals surface area contributed by atoms with Crippen LogP contribution < -0.4 is 5.73 Å². The first-order chi connectivity index (χ1) is 9.72. The van der Waals surface area contributed by atoms with Gasteiger partial charge in [0, 0.05) is 26.3 Å². The van der Waals surface area contributed by atoms with Gasteiger partial charge in [0.25, 0.3) is 0 Å². The van der Waals surface area contributed by atoms with Gasteiger partial charge in [-0.25, -0.2) is 0 Å². The SMILES string of the molecule is CSCCC(N)C(=O)N1CCC(C2CCOCC2)CC1. The van der Waals surface area contributed by atoms with E-state index in [0.29, 0.717) is 0 Å². The van der Waals surface area contributed by atoms with E-state index >= 15 is 0 Å². The van der Waals surface area contributed by atoms with Gasteiger partial charge >= 0.3 is 0 Å². The molecule has 2 aliphatic rings. The van der Waals surface area contributed by atoms with Crippen LogP contribution in [0.5, 0.6) is 0 Å². The maximum absolute atomic E-state index is 12.3. The largest absolute Gasteiger partial charge is 0.381 e. The summed E-state index contributed by atoms with van der Waals surface area (Å²) >= 11 is 1.75. The first kappa shape index (κ1) is 16.1. The Kier molecular flexibility index (Phi) is 6.65. The Labute approximate surface area is 126 Å². The highest BCUT2D eigenvalue weighted by atomic mass is 32.2. The second-order valence-corrected chi connectivity index (χ2v) is 6.99. The number of thioether (sulfide) groups is 1. The molecule has 0 bridgehead atoms. The van der Waals surface area contributed by atoms with Crippen molar-refractivity contribution in [3.8, 4) is 0 Å². The molecule has 1 unspecified atom stereocenters. The van der Waals surface area contributed by atoms with E-state index in [9.17, 15) is 4.79 Å². The smallest absolute Gasteiger partial charge is 0.239 e. The van der Waals surface area contributed by atoms with Crippen LogP contribution in [0.25, 0.3) is 0 Å². The fourth-order valence-corrected chi connectivity index (χ4v) is 3.87. The standard InChI is InChI=1S/C15H28N2O2S/c1-20-11-6-14(16)15(18)17-7-2-12(3-8-17)13-4-9-19-10-5-13/h12-14H,2-11,16H2,1H3. The number of carbonyl (C=O) groups is 1. The Morgan fingerprint density at radius 1 is 1.25 bits per heavy atom. The summed E-state index contributed by atoms with van der Waals surface area (Å²) in [6, 6.07) is -0.304. The fraction of sp³-hybridized carbons (Fsp3) is 0.933. The van der Waals surface area contributed by atoms with Gasteiger partial charge < -0.3 is 15.4 Å². The zero-order chi connectivity index (χ0) is 14.4. The Morgan fingerprint density at radius 2 is 1.85 bits per heavy atom. The van der Waals surface area contributed by atoms with Gasteiger partial charge in [-0.3, -0.25) is 4.79 Å². The van der Waals surface area contributed by atoms with Gasteiger partial charge in [-0.05, 0) is 55.9 Å². The van der Waals surface area contributed by atoms with E-state index in [4.69, 9.17) is 10.5 Å². The molecule has 1 amide bonds. The van der Waals surface area contributed by atoms with Gasteiger partial charge in [-0.15, -0.1) is 0 Å². The summed E-state index contributed by atoms with van der Waals surface area (Å²) in [7, 11) is 0. The molecular formula is C15H28N2O2S. The van der Waals surface area contributed by atoms with Crippen LogP contribution in [0.1, 0.15) is 32.1 Å². The van der Waals surface area contributed by atoms with Crippen LogP contribution >= 0.6 is 11.8 Å². The van der Waals surface area contributed by atoms with Crippen LogP contribution in [0.3, 0.4) is 0 Å². The second kappa shape index (κ2) is 8.25. The molecule has 2 heterocycles. The molecule has 2 rings (SSSR count). The van der Waals surface area contributed by atoms with Crippen molar-refractivity contribution in [3.05, 3.63) is 0 Å². The highest BCUT2D eigenvalue weighted by molar-refractivity contribution is 7.98. The minimum absolute atomic E-state index is 0.157. The number of hydrogen-bond donors (Lipinski definition) is 1. The van der Waals surface area contributed by atoms with E-state index < -0.39 is 0 Å². The van der Waals surface area contributed by atoms with Crippen molar-refractivity contribution in [2.45, 2.75) is 38.1 Å². The number of hydrogen-bond acceptors (Lipinski definition) is 4. The van der Waals surface area contributed by atoms with Crippen LogP contribution in [-0.2, 0) is 9.53 Å². The number of carbonyl (C=O) groups excluding carboxylic acids is 1. The minimum Gasteiger partial charge on any atom is -0.381 e. The number of amides is 1. The Bertz CT molecular complexity index is 300. The van der Waals surface area contributed by atoms with Crippen molar-refractivity contribution >= 4 is 17.7 Å². The molecule has 0 saturated carbocycles. The lowest BCUT2D eigenvalue weighted by Crippen LogP contribution is -2.48. The number of nitrogens with zero attached hydrogens (tertiary/aromatic N) is 1. The number of rotatable bonds is 5. The van der Waals surface area contributed by atoms with Crippen LogP contribution in [0.2, 0.25) is 0 Å². The van der Waals surface area contributed by atoms with Crippen molar-refractivity contribution in [2.75, 3.05) is 38.3 Å². The van der Waals surface area contributed by atoms with Crippen LogP contribution in [0.15, 0.2) is 0 Å². The monoisotopic (exact) mass is 300 g/mol. The van der Waals surface area contributed by atoms with E-state index in [0.717, 1.165) is 63.2 Å². The molecule has 2 fully saturated rings. The summed E-state index contributed by atoms with van der Waals surface area (Å²) in [5, 5.41) is 0. The molecule has 0 radical (unpaired) electrons. The van der Waals surface area contributed by atoms with Crippen LogP contribution in [-0.4, -0.2) is 55.2 Å². The topological polar surface area (TPSA) is 55.6 Å². The molecule has 5 heteroatoms. The van der Waals surface area contributed by atoms with Gasteiger partial charge in [0.15, 0.2) is 0 Å². The van der Waals surface area contributed by atoms with Crippen LogP contribution in [0.4, 0.5) is 0 Å². The predicted molar refractivity (Wildman–Crippen MR) is 83.8 cm³/mol. The van der Waals surface area contributed by atoms with Crippen molar-refractivity contribution in [3.63, 3.8) is 0 Å². The lowest BCUT2D eigenvalue weighted by atomic mass is 9.80. The molecule has 2 saturated heterocycles. The number of likely N-dealkylation sites (tertiary alicyclic amines) is 1. The van der Waals surface area contributed by atoms with Gasteiger partial charge in [0.2, 0.25) is 5.91 Å². The van der Waals surface area contributed by atoms with Crippen molar-refractivity contribution in [1.29, 1.82) is 0 Å². The highest BCUT2D eigenvalue weighted by Gasteiger charge is 2.30. The molecule has 4 nitrogen and oxygen atoms in total. The van der Waals surface area contributed by atoms with Crippen molar-refractivity contribution in [1.82, 2.24) is 4.90 Å².